The van der Waals surface area contributed by atoms with Crippen LogP contribution in [-0.4, -0.2) is 12.5 Å². The standard InChI is InChI=1S/C13H23NO/c1-3-7-12(13(15)14-4-2)10-11-8-5-6-9-11/h3,11-12H,1,4-10H2,2H3,(H,14,15). The molecule has 1 fully saturated rings. The highest BCUT2D eigenvalue weighted by Gasteiger charge is 2.23. The summed E-state index contributed by atoms with van der Waals surface area (Å²) in [6, 6.07) is 0. The van der Waals surface area contributed by atoms with E-state index in [1.807, 2.05) is 13.0 Å². The molecule has 1 saturated carbocycles. The van der Waals surface area contributed by atoms with Crippen LogP contribution in [0, 0.1) is 11.8 Å². The van der Waals surface area contributed by atoms with Crippen LogP contribution in [-0.2, 0) is 4.79 Å². The average Bonchev–Trinajstić information content (AvgIpc) is 2.70. The molecule has 1 aliphatic carbocycles. The maximum absolute atomic E-state index is 11.8. The molecule has 0 radical (unpaired) electrons. The molecule has 2 nitrogen and oxygen atoms in total. The zero-order valence-corrected chi connectivity index (χ0v) is 9.80. The van der Waals surface area contributed by atoms with Crippen LogP contribution in [0.1, 0.15) is 45.4 Å². The summed E-state index contributed by atoms with van der Waals surface area (Å²) in [7, 11) is 0. The first-order valence-corrected chi connectivity index (χ1v) is 6.16. The van der Waals surface area contributed by atoms with E-state index in [4.69, 9.17) is 0 Å². The maximum Gasteiger partial charge on any atom is 0.223 e. The molecule has 1 rings (SSSR count). The van der Waals surface area contributed by atoms with Crippen LogP contribution in [0.2, 0.25) is 0 Å². The Balaban J connectivity index is 2.40. The first-order valence-electron chi connectivity index (χ1n) is 6.16. The zero-order chi connectivity index (χ0) is 11.1. The minimum Gasteiger partial charge on any atom is -0.356 e. The van der Waals surface area contributed by atoms with Gasteiger partial charge in [-0.2, -0.15) is 0 Å². The predicted molar refractivity (Wildman–Crippen MR) is 63.6 cm³/mol. The van der Waals surface area contributed by atoms with E-state index in [2.05, 4.69) is 11.9 Å². The summed E-state index contributed by atoms with van der Waals surface area (Å²) in [5.74, 6) is 1.15. The van der Waals surface area contributed by atoms with Crippen LogP contribution >= 0.6 is 0 Å². The van der Waals surface area contributed by atoms with Gasteiger partial charge in [0.15, 0.2) is 0 Å². The van der Waals surface area contributed by atoms with Gasteiger partial charge in [0.25, 0.3) is 0 Å². The monoisotopic (exact) mass is 209 g/mol. The van der Waals surface area contributed by atoms with Gasteiger partial charge >= 0.3 is 0 Å². The molecule has 0 aliphatic heterocycles. The molecule has 0 aromatic heterocycles. The summed E-state index contributed by atoms with van der Waals surface area (Å²) >= 11 is 0. The minimum absolute atomic E-state index is 0.158. The fourth-order valence-electron chi connectivity index (χ4n) is 2.48. The highest BCUT2D eigenvalue weighted by molar-refractivity contribution is 5.78. The summed E-state index contributed by atoms with van der Waals surface area (Å²) in [4.78, 5) is 11.8. The Morgan fingerprint density at radius 1 is 1.53 bits per heavy atom. The Bertz CT molecular complexity index is 207. The first-order chi connectivity index (χ1) is 7.27. The van der Waals surface area contributed by atoms with Gasteiger partial charge in [0.2, 0.25) is 5.91 Å². The lowest BCUT2D eigenvalue weighted by Gasteiger charge is -2.18. The molecular formula is C13H23NO. The number of amides is 1. The molecule has 1 amide bonds. The lowest BCUT2D eigenvalue weighted by molar-refractivity contribution is -0.125. The third kappa shape index (κ3) is 4.06. The van der Waals surface area contributed by atoms with Crippen molar-refractivity contribution in [2.45, 2.75) is 45.4 Å². The summed E-state index contributed by atoms with van der Waals surface area (Å²) in [6.45, 7) is 6.44. The van der Waals surface area contributed by atoms with Crippen molar-refractivity contribution in [3.05, 3.63) is 12.7 Å². The van der Waals surface area contributed by atoms with Crippen LogP contribution in [0.4, 0.5) is 0 Å². The summed E-state index contributed by atoms with van der Waals surface area (Å²) in [5.41, 5.74) is 0. The molecule has 0 aromatic carbocycles. The van der Waals surface area contributed by atoms with Crippen LogP contribution in [0.25, 0.3) is 0 Å². The van der Waals surface area contributed by atoms with E-state index < -0.39 is 0 Å². The highest BCUT2D eigenvalue weighted by atomic mass is 16.1. The average molecular weight is 209 g/mol. The van der Waals surface area contributed by atoms with Gasteiger partial charge in [0.05, 0.1) is 0 Å². The molecule has 1 atom stereocenters. The number of hydrogen-bond donors (Lipinski definition) is 1. The number of allylic oxidation sites excluding steroid dienone is 1. The summed E-state index contributed by atoms with van der Waals surface area (Å²) in [6.07, 6.45) is 9.07. The van der Waals surface area contributed by atoms with E-state index in [9.17, 15) is 4.79 Å². The molecule has 0 bridgehead atoms. The fourth-order valence-corrected chi connectivity index (χ4v) is 2.48. The van der Waals surface area contributed by atoms with Gasteiger partial charge in [0.1, 0.15) is 0 Å². The molecule has 15 heavy (non-hydrogen) atoms. The number of carbonyl (C=O) groups is 1. The number of hydrogen-bond acceptors (Lipinski definition) is 1. The quantitative estimate of drug-likeness (QED) is 0.670. The Kier molecular flexibility index (Phi) is 5.44. The Morgan fingerprint density at radius 2 is 2.20 bits per heavy atom. The lowest BCUT2D eigenvalue weighted by Crippen LogP contribution is -2.31. The van der Waals surface area contributed by atoms with E-state index in [1.165, 1.54) is 25.7 Å². The summed E-state index contributed by atoms with van der Waals surface area (Å²) in [5, 5.41) is 2.92. The molecule has 0 aromatic rings. The molecule has 1 unspecified atom stereocenters. The largest absolute Gasteiger partial charge is 0.356 e. The van der Waals surface area contributed by atoms with E-state index in [0.29, 0.717) is 0 Å². The number of nitrogens with one attached hydrogen (secondary N) is 1. The number of carbonyl (C=O) groups excluding carboxylic acids is 1. The van der Waals surface area contributed by atoms with Crippen LogP contribution in [0.5, 0.6) is 0 Å². The molecule has 2 heteroatoms. The normalized spacial score (nSPS) is 18.7. The molecule has 1 aliphatic rings. The highest BCUT2D eigenvalue weighted by Crippen LogP contribution is 2.31. The SMILES string of the molecule is C=CCC(CC1CCCC1)C(=O)NCC. The van der Waals surface area contributed by atoms with Gasteiger partial charge < -0.3 is 5.32 Å². The van der Waals surface area contributed by atoms with Crippen molar-refractivity contribution in [3.8, 4) is 0 Å². The Labute approximate surface area is 93.1 Å². The molecule has 86 valence electrons. The Morgan fingerprint density at radius 3 is 2.73 bits per heavy atom. The van der Waals surface area contributed by atoms with Gasteiger partial charge in [-0.15, -0.1) is 6.58 Å². The zero-order valence-electron chi connectivity index (χ0n) is 9.80. The van der Waals surface area contributed by atoms with Crippen molar-refractivity contribution in [1.82, 2.24) is 5.32 Å². The molecular weight excluding hydrogens is 186 g/mol. The third-order valence-corrected chi connectivity index (χ3v) is 3.27. The van der Waals surface area contributed by atoms with Crippen LogP contribution in [0.15, 0.2) is 12.7 Å². The van der Waals surface area contributed by atoms with E-state index in [0.717, 1.165) is 25.3 Å². The molecule has 0 heterocycles. The van der Waals surface area contributed by atoms with Crippen molar-refractivity contribution in [2.75, 3.05) is 6.54 Å². The Hall–Kier alpha value is -0.790. The molecule has 0 saturated heterocycles. The molecule has 1 N–H and O–H groups in total. The van der Waals surface area contributed by atoms with Crippen LogP contribution < -0.4 is 5.32 Å². The smallest absolute Gasteiger partial charge is 0.223 e. The van der Waals surface area contributed by atoms with Gasteiger partial charge in [-0.1, -0.05) is 31.8 Å². The van der Waals surface area contributed by atoms with Crippen molar-refractivity contribution in [1.29, 1.82) is 0 Å². The predicted octanol–water partition coefficient (Wildman–Crippen LogP) is 2.90. The van der Waals surface area contributed by atoms with E-state index in [-0.39, 0.29) is 11.8 Å². The van der Waals surface area contributed by atoms with Gasteiger partial charge in [-0.25, -0.2) is 0 Å². The van der Waals surface area contributed by atoms with Crippen molar-refractivity contribution >= 4 is 5.91 Å². The second-order valence-electron chi connectivity index (χ2n) is 4.50. The van der Waals surface area contributed by atoms with Crippen LogP contribution in [0.3, 0.4) is 0 Å². The van der Waals surface area contributed by atoms with Crippen molar-refractivity contribution < 1.29 is 4.79 Å². The van der Waals surface area contributed by atoms with Gasteiger partial charge in [-0.3, -0.25) is 4.79 Å². The molecule has 0 spiro atoms. The second-order valence-corrected chi connectivity index (χ2v) is 4.50. The van der Waals surface area contributed by atoms with Crippen molar-refractivity contribution in [3.63, 3.8) is 0 Å². The van der Waals surface area contributed by atoms with Gasteiger partial charge in [0, 0.05) is 12.5 Å². The van der Waals surface area contributed by atoms with Gasteiger partial charge in [-0.05, 0) is 25.7 Å². The summed E-state index contributed by atoms with van der Waals surface area (Å²) < 4.78 is 0. The lowest BCUT2D eigenvalue weighted by atomic mass is 9.90. The maximum atomic E-state index is 11.8. The minimum atomic E-state index is 0.158. The second kappa shape index (κ2) is 6.65. The fraction of sp³-hybridized carbons (Fsp3) is 0.769. The number of rotatable bonds is 6. The van der Waals surface area contributed by atoms with Crippen molar-refractivity contribution in [2.24, 2.45) is 11.8 Å². The first kappa shape index (κ1) is 12.3. The topological polar surface area (TPSA) is 29.1 Å². The van der Waals surface area contributed by atoms with E-state index in [1.54, 1.807) is 0 Å². The van der Waals surface area contributed by atoms with E-state index >= 15 is 0 Å². The third-order valence-electron chi connectivity index (χ3n) is 3.27.